The molecule has 1 N–H and O–H groups in total. The third-order valence-corrected chi connectivity index (χ3v) is 5.63. The molecule has 2 aromatic carbocycles. The summed E-state index contributed by atoms with van der Waals surface area (Å²) in [6.45, 7) is 0. The first kappa shape index (κ1) is 16.6. The van der Waals surface area contributed by atoms with E-state index in [2.05, 4.69) is 15.9 Å². The fraction of sp³-hybridized carbons (Fsp3) is 0.0769. The van der Waals surface area contributed by atoms with E-state index >= 15 is 0 Å². The summed E-state index contributed by atoms with van der Waals surface area (Å²) in [5.41, 5.74) is 0. The number of phenolic OH excluding ortho intramolecular Hbond substituents is 1. The van der Waals surface area contributed by atoms with Gasteiger partial charge in [-0.1, -0.05) is 0 Å². The van der Waals surface area contributed by atoms with Gasteiger partial charge >= 0.3 is 0 Å². The lowest BCUT2D eigenvalue weighted by atomic mass is 10.3. The van der Waals surface area contributed by atoms with E-state index in [-0.39, 0.29) is 5.75 Å². The molecule has 22 heavy (non-hydrogen) atoms. The molecule has 0 aliphatic heterocycles. The third kappa shape index (κ3) is 2.66. The first-order valence-electron chi connectivity index (χ1n) is 5.65. The monoisotopic (exact) mass is 396 g/mol. The maximum absolute atomic E-state index is 13.5. The zero-order chi connectivity index (χ0) is 16.7. The van der Waals surface area contributed by atoms with Crippen molar-refractivity contribution >= 4 is 25.8 Å². The molecule has 0 saturated heterocycles. The van der Waals surface area contributed by atoms with Crippen LogP contribution in [0.2, 0.25) is 0 Å². The van der Waals surface area contributed by atoms with Gasteiger partial charge < -0.3 is 9.84 Å². The highest BCUT2D eigenvalue weighted by Gasteiger charge is 2.27. The van der Waals surface area contributed by atoms with Crippen molar-refractivity contribution in [1.82, 2.24) is 0 Å². The molecule has 2 rings (SSSR count). The zero-order valence-corrected chi connectivity index (χ0v) is 13.3. The highest BCUT2D eigenvalue weighted by molar-refractivity contribution is 9.10. The minimum Gasteiger partial charge on any atom is -0.504 e. The van der Waals surface area contributed by atoms with Crippen LogP contribution in [-0.4, -0.2) is 20.6 Å². The Morgan fingerprint density at radius 3 is 2.32 bits per heavy atom. The molecule has 0 spiro atoms. The molecular weight excluding hydrogens is 389 g/mol. The molecule has 9 heteroatoms. The van der Waals surface area contributed by atoms with Crippen LogP contribution in [0.4, 0.5) is 13.2 Å². The molecule has 0 fully saturated rings. The van der Waals surface area contributed by atoms with Gasteiger partial charge in [0.1, 0.15) is 0 Å². The molecule has 0 aliphatic rings. The summed E-state index contributed by atoms with van der Waals surface area (Å²) < 4.78 is 68.7. The van der Waals surface area contributed by atoms with Crippen LogP contribution in [0.5, 0.6) is 11.5 Å². The molecule has 2 aromatic rings. The number of ether oxygens (including phenoxy) is 1. The van der Waals surface area contributed by atoms with E-state index in [4.69, 9.17) is 4.74 Å². The van der Waals surface area contributed by atoms with Gasteiger partial charge in [-0.2, -0.15) is 0 Å². The molecule has 0 aliphatic carbocycles. The number of halogens is 4. The quantitative estimate of drug-likeness (QED) is 0.490. The maximum Gasteiger partial charge on any atom is 0.208 e. The molecule has 0 amide bonds. The van der Waals surface area contributed by atoms with E-state index in [1.165, 1.54) is 13.2 Å². The van der Waals surface area contributed by atoms with Crippen molar-refractivity contribution in [1.29, 1.82) is 0 Å². The first-order valence-corrected chi connectivity index (χ1v) is 7.93. The fourth-order valence-electron chi connectivity index (χ4n) is 1.71. The second-order valence-electron chi connectivity index (χ2n) is 4.14. The standard InChI is InChI=1S/C13H8BrF3O4S/c1-21-9-3-2-6(4-8(9)18)22(19,20)10-5-7(15)12(16)13(17)11(10)14/h2-5,18H,1H3. The Hall–Kier alpha value is -1.74. The average molecular weight is 397 g/mol. The lowest BCUT2D eigenvalue weighted by Gasteiger charge is -2.10. The predicted molar refractivity (Wildman–Crippen MR) is 74.1 cm³/mol. The molecule has 0 bridgehead atoms. The third-order valence-electron chi connectivity index (χ3n) is 2.82. The van der Waals surface area contributed by atoms with Crippen LogP contribution < -0.4 is 4.74 Å². The van der Waals surface area contributed by atoms with Crippen molar-refractivity contribution in [2.24, 2.45) is 0 Å². The van der Waals surface area contributed by atoms with Crippen LogP contribution in [0, 0.1) is 17.5 Å². The Morgan fingerprint density at radius 2 is 1.77 bits per heavy atom. The van der Waals surface area contributed by atoms with Crippen LogP contribution in [0.15, 0.2) is 38.5 Å². The first-order chi connectivity index (χ1) is 10.2. The summed E-state index contributed by atoms with van der Waals surface area (Å²) in [6.07, 6.45) is 0. The normalized spacial score (nSPS) is 11.5. The number of aromatic hydroxyl groups is 1. The van der Waals surface area contributed by atoms with E-state index in [1.54, 1.807) is 0 Å². The Kier molecular flexibility index (Phi) is 4.39. The highest BCUT2D eigenvalue weighted by Crippen LogP contribution is 2.35. The lowest BCUT2D eigenvalue weighted by Crippen LogP contribution is -2.07. The van der Waals surface area contributed by atoms with Crippen molar-refractivity contribution in [2.45, 2.75) is 9.79 Å². The van der Waals surface area contributed by atoms with Crippen molar-refractivity contribution in [2.75, 3.05) is 7.11 Å². The van der Waals surface area contributed by atoms with Crippen LogP contribution in [0.1, 0.15) is 0 Å². The molecule has 0 saturated carbocycles. The molecule has 0 aromatic heterocycles. The number of methoxy groups -OCH3 is 1. The minimum absolute atomic E-state index is 0.0227. The van der Waals surface area contributed by atoms with Gasteiger partial charge in [-0.25, -0.2) is 21.6 Å². The Morgan fingerprint density at radius 1 is 1.14 bits per heavy atom. The molecular formula is C13H8BrF3O4S. The number of rotatable bonds is 3. The minimum atomic E-state index is -4.39. The summed E-state index contributed by atoms with van der Waals surface area (Å²) in [7, 11) is -3.12. The molecule has 0 unspecified atom stereocenters. The number of hydrogen-bond acceptors (Lipinski definition) is 4. The Bertz CT molecular complexity index is 853. The van der Waals surface area contributed by atoms with Gasteiger partial charge in [-0.15, -0.1) is 0 Å². The van der Waals surface area contributed by atoms with Crippen molar-refractivity contribution in [3.8, 4) is 11.5 Å². The second kappa shape index (κ2) is 5.81. The molecule has 4 nitrogen and oxygen atoms in total. The molecule has 0 atom stereocenters. The van der Waals surface area contributed by atoms with Crippen molar-refractivity contribution in [3.05, 3.63) is 46.2 Å². The number of sulfone groups is 1. The highest BCUT2D eigenvalue weighted by atomic mass is 79.9. The van der Waals surface area contributed by atoms with E-state index in [1.807, 2.05) is 0 Å². The number of hydrogen-bond donors (Lipinski definition) is 1. The topological polar surface area (TPSA) is 63.6 Å². The Balaban J connectivity index is 2.68. The zero-order valence-electron chi connectivity index (χ0n) is 10.9. The van der Waals surface area contributed by atoms with E-state index in [0.717, 1.165) is 12.1 Å². The SMILES string of the molecule is COc1ccc(S(=O)(=O)c2cc(F)c(F)c(F)c2Br)cc1O. The van der Waals surface area contributed by atoms with Crippen LogP contribution in [0.25, 0.3) is 0 Å². The molecule has 118 valence electrons. The molecule has 0 heterocycles. The smallest absolute Gasteiger partial charge is 0.208 e. The average Bonchev–Trinajstić information content (AvgIpc) is 2.48. The Labute approximate surface area is 132 Å². The van der Waals surface area contributed by atoms with Crippen LogP contribution in [-0.2, 0) is 9.84 Å². The van der Waals surface area contributed by atoms with Gasteiger partial charge in [0.2, 0.25) is 9.84 Å². The van der Waals surface area contributed by atoms with Gasteiger partial charge in [-0.3, -0.25) is 0 Å². The summed E-state index contributed by atoms with van der Waals surface area (Å²) in [5.74, 6) is -5.53. The van der Waals surface area contributed by atoms with Gasteiger partial charge in [0.05, 0.1) is 21.4 Å². The van der Waals surface area contributed by atoms with Crippen LogP contribution in [0.3, 0.4) is 0 Å². The van der Waals surface area contributed by atoms with Gasteiger partial charge in [-0.05, 0) is 34.1 Å². The summed E-state index contributed by atoms with van der Waals surface area (Å²) in [4.78, 5) is -1.23. The summed E-state index contributed by atoms with van der Waals surface area (Å²) >= 11 is 2.60. The summed E-state index contributed by atoms with van der Waals surface area (Å²) in [6, 6.07) is 3.48. The van der Waals surface area contributed by atoms with Crippen molar-refractivity contribution in [3.63, 3.8) is 0 Å². The van der Waals surface area contributed by atoms with Gasteiger partial charge in [0.25, 0.3) is 0 Å². The van der Waals surface area contributed by atoms with E-state index < -0.39 is 47.3 Å². The van der Waals surface area contributed by atoms with Crippen LogP contribution >= 0.6 is 15.9 Å². The largest absolute Gasteiger partial charge is 0.504 e. The fourth-order valence-corrected chi connectivity index (χ4v) is 3.99. The number of phenols is 1. The van der Waals surface area contributed by atoms with E-state index in [0.29, 0.717) is 6.07 Å². The lowest BCUT2D eigenvalue weighted by molar-refractivity contribution is 0.372. The molecule has 0 radical (unpaired) electrons. The van der Waals surface area contributed by atoms with Crippen molar-refractivity contribution < 1.29 is 31.4 Å². The second-order valence-corrected chi connectivity index (χ2v) is 6.85. The predicted octanol–water partition coefficient (Wildman–Crippen LogP) is 3.41. The maximum atomic E-state index is 13.5. The number of benzene rings is 2. The van der Waals surface area contributed by atoms with Gasteiger partial charge in [0.15, 0.2) is 29.0 Å². The van der Waals surface area contributed by atoms with E-state index in [9.17, 15) is 26.7 Å². The van der Waals surface area contributed by atoms with Gasteiger partial charge in [0, 0.05) is 6.07 Å². The summed E-state index contributed by atoms with van der Waals surface area (Å²) in [5, 5.41) is 9.61.